The van der Waals surface area contributed by atoms with Crippen molar-refractivity contribution in [3.63, 3.8) is 0 Å². The molecule has 0 aliphatic heterocycles. The second kappa shape index (κ2) is 8.33. The minimum atomic E-state index is -0.451. The van der Waals surface area contributed by atoms with E-state index in [-0.39, 0.29) is 18.3 Å². The van der Waals surface area contributed by atoms with E-state index >= 15 is 0 Å². The monoisotopic (exact) mass is 383 g/mol. The Morgan fingerprint density at radius 1 is 1.25 bits per heavy atom. The van der Waals surface area contributed by atoms with Crippen molar-refractivity contribution in [2.45, 2.75) is 32.6 Å². The largest absolute Gasteiger partial charge is 0.497 e. The molecule has 1 aliphatic carbocycles. The molecule has 0 bridgehead atoms. The molecule has 6 heteroatoms. The molecule has 1 aliphatic rings. The summed E-state index contributed by atoms with van der Waals surface area (Å²) < 4.78 is 16.0. The summed E-state index contributed by atoms with van der Waals surface area (Å²) in [6, 6.07) is 5.58. The third-order valence-electron chi connectivity index (χ3n) is 5.12. The van der Waals surface area contributed by atoms with Crippen molar-refractivity contribution >= 4 is 11.8 Å². The van der Waals surface area contributed by atoms with Crippen LogP contribution in [0.15, 0.2) is 30.4 Å². The fourth-order valence-corrected chi connectivity index (χ4v) is 3.71. The van der Waals surface area contributed by atoms with Crippen LogP contribution in [-0.4, -0.2) is 37.6 Å². The lowest BCUT2D eigenvalue weighted by atomic mass is 9.81. The van der Waals surface area contributed by atoms with Crippen molar-refractivity contribution < 1.29 is 23.8 Å². The van der Waals surface area contributed by atoms with Gasteiger partial charge in [0.15, 0.2) is 5.78 Å². The van der Waals surface area contributed by atoms with Crippen LogP contribution in [0.4, 0.5) is 0 Å². The number of hydrogen-bond donors (Lipinski definition) is 1. The summed E-state index contributed by atoms with van der Waals surface area (Å²) in [7, 11) is 3.22. The van der Waals surface area contributed by atoms with Gasteiger partial charge in [0.25, 0.3) is 0 Å². The molecular formula is C22H25NO5. The maximum absolute atomic E-state index is 12.9. The van der Waals surface area contributed by atoms with Crippen molar-refractivity contribution in [1.29, 1.82) is 0 Å². The average Bonchev–Trinajstić information content (AvgIpc) is 3.04. The molecule has 0 saturated carbocycles. The van der Waals surface area contributed by atoms with Crippen LogP contribution in [0.1, 0.15) is 56.9 Å². The van der Waals surface area contributed by atoms with Gasteiger partial charge in [-0.3, -0.25) is 4.79 Å². The van der Waals surface area contributed by atoms with E-state index in [9.17, 15) is 9.59 Å². The molecule has 148 valence electrons. The lowest BCUT2D eigenvalue weighted by Crippen LogP contribution is -2.19. The molecule has 0 radical (unpaired) electrons. The highest BCUT2D eigenvalue weighted by Crippen LogP contribution is 2.40. The standard InChI is InChI=1S/C22H25NO5/c1-5-6-9-28-22(25)21-13(2)20-17(23-21)10-14(11-18(20)24)16-12-15(26-3)7-8-19(16)27-4/h5-8,12,14,23H,9-11H2,1-4H3/b6-5+/t14-/m0/s1. The third-order valence-corrected chi connectivity index (χ3v) is 5.12. The summed E-state index contributed by atoms with van der Waals surface area (Å²) in [6.45, 7) is 3.85. The Morgan fingerprint density at radius 2 is 2.04 bits per heavy atom. The number of allylic oxidation sites excluding steroid dienone is 1. The van der Waals surface area contributed by atoms with Gasteiger partial charge in [0.2, 0.25) is 0 Å². The van der Waals surface area contributed by atoms with Crippen LogP contribution in [0.25, 0.3) is 0 Å². The SMILES string of the molecule is C/C=C/COC(=O)c1[nH]c2c(c1C)C(=O)C[C@@H](c1cc(OC)ccc1OC)C2. The van der Waals surface area contributed by atoms with E-state index in [4.69, 9.17) is 14.2 Å². The van der Waals surface area contributed by atoms with Crippen molar-refractivity contribution in [2.24, 2.45) is 0 Å². The molecular weight excluding hydrogens is 358 g/mol. The van der Waals surface area contributed by atoms with Gasteiger partial charge >= 0.3 is 5.97 Å². The molecule has 1 aromatic heterocycles. The Hall–Kier alpha value is -3.02. The van der Waals surface area contributed by atoms with Crippen LogP contribution in [0, 0.1) is 6.92 Å². The lowest BCUT2D eigenvalue weighted by Gasteiger charge is -2.24. The molecule has 0 unspecified atom stereocenters. The first-order chi connectivity index (χ1) is 13.5. The number of carbonyl (C=O) groups excluding carboxylic acids is 2. The van der Waals surface area contributed by atoms with Crippen LogP contribution in [-0.2, 0) is 11.2 Å². The van der Waals surface area contributed by atoms with Crippen LogP contribution in [0.2, 0.25) is 0 Å². The van der Waals surface area contributed by atoms with Crippen molar-refractivity contribution in [3.05, 3.63) is 58.4 Å². The summed E-state index contributed by atoms with van der Waals surface area (Å²) >= 11 is 0. The van der Waals surface area contributed by atoms with E-state index in [1.807, 2.05) is 31.2 Å². The highest BCUT2D eigenvalue weighted by Gasteiger charge is 2.33. The first-order valence-electron chi connectivity index (χ1n) is 9.25. The van der Waals surface area contributed by atoms with E-state index in [1.54, 1.807) is 27.2 Å². The molecule has 28 heavy (non-hydrogen) atoms. The molecule has 1 N–H and O–H groups in total. The average molecular weight is 383 g/mol. The summed E-state index contributed by atoms with van der Waals surface area (Å²) in [5.41, 5.74) is 3.30. The highest BCUT2D eigenvalue weighted by atomic mass is 16.5. The third kappa shape index (κ3) is 3.67. The number of methoxy groups -OCH3 is 2. The van der Waals surface area contributed by atoms with Gasteiger partial charge in [0.05, 0.1) is 14.2 Å². The zero-order chi connectivity index (χ0) is 20.3. The zero-order valence-electron chi connectivity index (χ0n) is 16.6. The summed E-state index contributed by atoms with van der Waals surface area (Å²) in [6.07, 6.45) is 4.53. The molecule has 0 saturated heterocycles. The first-order valence-corrected chi connectivity index (χ1v) is 9.25. The molecule has 6 nitrogen and oxygen atoms in total. The molecule has 1 heterocycles. The van der Waals surface area contributed by atoms with E-state index in [1.165, 1.54) is 0 Å². The Bertz CT molecular complexity index is 925. The Kier molecular flexibility index (Phi) is 5.87. The molecule has 0 fully saturated rings. The smallest absolute Gasteiger partial charge is 0.355 e. The summed E-state index contributed by atoms with van der Waals surface area (Å²) in [5.74, 6) is 0.932. The van der Waals surface area contributed by atoms with Gasteiger partial charge in [-0.25, -0.2) is 4.79 Å². The maximum atomic E-state index is 12.9. The second-order valence-electron chi connectivity index (χ2n) is 6.78. The molecule has 0 spiro atoms. The van der Waals surface area contributed by atoms with Gasteiger partial charge in [-0.1, -0.05) is 12.2 Å². The minimum absolute atomic E-state index is 0.0115. The molecule has 1 atom stereocenters. The normalized spacial score (nSPS) is 16.1. The van der Waals surface area contributed by atoms with E-state index in [0.29, 0.717) is 35.4 Å². The van der Waals surface area contributed by atoms with E-state index < -0.39 is 5.97 Å². The predicted octanol–water partition coefficient (Wildman–Crippen LogP) is 3.99. The van der Waals surface area contributed by atoms with Gasteiger partial charge in [-0.2, -0.15) is 0 Å². The molecule has 3 rings (SSSR count). The minimum Gasteiger partial charge on any atom is -0.497 e. The first kappa shape index (κ1) is 19.7. The number of aromatic amines is 1. The Morgan fingerprint density at radius 3 is 2.71 bits per heavy atom. The number of rotatable bonds is 6. The maximum Gasteiger partial charge on any atom is 0.355 e. The molecule has 1 aromatic carbocycles. The van der Waals surface area contributed by atoms with Gasteiger partial charge < -0.3 is 19.2 Å². The number of carbonyl (C=O) groups is 2. The van der Waals surface area contributed by atoms with Gasteiger partial charge in [-0.15, -0.1) is 0 Å². The molecule has 0 amide bonds. The Balaban J connectivity index is 1.92. The number of esters is 1. The van der Waals surface area contributed by atoms with Crippen molar-refractivity contribution in [1.82, 2.24) is 4.98 Å². The topological polar surface area (TPSA) is 77.6 Å². The molecule has 2 aromatic rings. The summed E-state index contributed by atoms with van der Waals surface area (Å²) in [4.78, 5) is 28.4. The fraction of sp³-hybridized carbons (Fsp3) is 0.364. The zero-order valence-corrected chi connectivity index (χ0v) is 16.6. The number of benzene rings is 1. The van der Waals surface area contributed by atoms with Gasteiger partial charge in [-0.05, 0) is 44.0 Å². The Labute approximate surface area is 164 Å². The second-order valence-corrected chi connectivity index (χ2v) is 6.78. The fourth-order valence-electron chi connectivity index (χ4n) is 3.71. The number of nitrogens with one attached hydrogen (secondary N) is 1. The van der Waals surface area contributed by atoms with Gasteiger partial charge in [0, 0.05) is 29.2 Å². The lowest BCUT2D eigenvalue weighted by molar-refractivity contribution is 0.0542. The van der Waals surface area contributed by atoms with Crippen LogP contribution < -0.4 is 9.47 Å². The summed E-state index contributed by atoms with van der Waals surface area (Å²) in [5, 5.41) is 0. The number of Topliss-reactive ketones (excluding diaryl/α,β-unsaturated/α-hetero) is 1. The number of H-pyrrole nitrogens is 1. The van der Waals surface area contributed by atoms with Gasteiger partial charge in [0.1, 0.15) is 23.8 Å². The number of ketones is 1. The van der Waals surface area contributed by atoms with E-state index in [0.717, 1.165) is 17.0 Å². The number of ether oxygens (including phenoxy) is 3. The quantitative estimate of drug-likeness (QED) is 0.603. The van der Waals surface area contributed by atoms with E-state index in [2.05, 4.69) is 4.98 Å². The van der Waals surface area contributed by atoms with Crippen LogP contribution in [0.5, 0.6) is 11.5 Å². The van der Waals surface area contributed by atoms with Crippen LogP contribution >= 0.6 is 0 Å². The predicted molar refractivity (Wildman–Crippen MR) is 106 cm³/mol. The van der Waals surface area contributed by atoms with Crippen molar-refractivity contribution in [2.75, 3.05) is 20.8 Å². The number of hydrogen-bond acceptors (Lipinski definition) is 5. The highest BCUT2D eigenvalue weighted by molar-refractivity contribution is 6.03. The van der Waals surface area contributed by atoms with Crippen molar-refractivity contribution in [3.8, 4) is 11.5 Å². The van der Waals surface area contributed by atoms with Crippen LogP contribution in [0.3, 0.4) is 0 Å². The number of aromatic nitrogens is 1. The number of fused-ring (bicyclic) bond motifs is 1.